The molecule has 0 N–H and O–H groups in total. The molecule has 0 saturated carbocycles. The topological polar surface area (TPSA) is 28.7 Å². The Bertz CT molecular complexity index is 941. The van der Waals surface area contributed by atoms with E-state index in [1.807, 2.05) is 55.2 Å². The van der Waals surface area contributed by atoms with E-state index in [0.29, 0.717) is 0 Å². The Kier molecular flexibility index (Phi) is 4.38. The molecule has 3 aromatic rings. The first kappa shape index (κ1) is 15.2. The van der Waals surface area contributed by atoms with Crippen molar-refractivity contribution in [2.75, 3.05) is 11.9 Å². The number of hydrogen-bond acceptors (Lipinski definition) is 3. The predicted octanol–water partition coefficient (Wildman–Crippen LogP) is 2.73. The second kappa shape index (κ2) is 6.61. The van der Waals surface area contributed by atoms with E-state index in [1.165, 1.54) is 0 Å². The predicted molar refractivity (Wildman–Crippen MR) is 105 cm³/mol. The van der Waals surface area contributed by atoms with Crippen LogP contribution in [0, 0.1) is 0 Å². The molecule has 23 heavy (non-hydrogen) atoms. The van der Waals surface area contributed by atoms with Gasteiger partial charge < -0.3 is 0 Å². The van der Waals surface area contributed by atoms with Crippen LogP contribution in [0.4, 0.5) is 5.69 Å². The Morgan fingerprint density at radius 1 is 1.22 bits per heavy atom. The first-order valence-corrected chi connectivity index (χ1v) is 7.35. The number of aliphatic imine (C=N–C) groups is 1. The fraction of sp³-hybridized carbons (Fsp3) is 0.0556. The van der Waals surface area contributed by atoms with Gasteiger partial charge in [0.15, 0.2) is 0 Å². The Morgan fingerprint density at radius 3 is 2.78 bits per heavy atom. The summed E-state index contributed by atoms with van der Waals surface area (Å²) in [5.74, 6) is 3.60. The van der Waals surface area contributed by atoms with Crippen molar-refractivity contribution in [3.05, 3.63) is 54.3 Å². The third-order valence-corrected chi connectivity index (χ3v) is 3.76. The van der Waals surface area contributed by atoms with E-state index in [4.69, 9.17) is 4.42 Å². The van der Waals surface area contributed by atoms with Crippen LogP contribution < -0.4 is 4.90 Å². The van der Waals surface area contributed by atoms with Crippen molar-refractivity contribution in [3.8, 4) is 0 Å². The van der Waals surface area contributed by atoms with Crippen LogP contribution in [-0.2, 0) is 0 Å². The maximum atomic E-state index is 6.08. The van der Waals surface area contributed by atoms with Gasteiger partial charge in [0.2, 0.25) is 0 Å². The van der Waals surface area contributed by atoms with E-state index in [9.17, 15) is 0 Å². The van der Waals surface area contributed by atoms with Crippen LogP contribution in [0.2, 0.25) is 0 Å². The third kappa shape index (κ3) is 2.82. The molecule has 0 fully saturated rings. The van der Waals surface area contributed by atoms with E-state index in [2.05, 4.69) is 31.3 Å². The van der Waals surface area contributed by atoms with Gasteiger partial charge >= 0.3 is 136 Å². The van der Waals surface area contributed by atoms with Crippen LogP contribution in [-0.4, -0.2) is 40.1 Å². The van der Waals surface area contributed by atoms with Crippen LogP contribution in [0.1, 0.15) is 0 Å². The van der Waals surface area contributed by atoms with Gasteiger partial charge in [-0.2, -0.15) is 0 Å². The number of rotatable bonds is 5. The molecule has 0 saturated heterocycles. The molecule has 0 unspecified atom stereocenters. The number of para-hydroxylation sites is 2. The van der Waals surface area contributed by atoms with Crippen molar-refractivity contribution in [3.63, 3.8) is 0 Å². The molecule has 1 aromatic heterocycles. The van der Waals surface area contributed by atoms with Crippen molar-refractivity contribution < 1.29 is 4.42 Å². The van der Waals surface area contributed by atoms with Crippen LogP contribution in [0.3, 0.4) is 0 Å². The van der Waals surface area contributed by atoms with Gasteiger partial charge in [0.1, 0.15) is 0 Å². The van der Waals surface area contributed by atoms with E-state index in [0.717, 1.165) is 33.2 Å². The molecule has 110 valence electrons. The van der Waals surface area contributed by atoms with Crippen LogP contribution in [0.15, 0.2) is 63.7 Å². The van der Waals surface area contributed by atoms with Crippen molar-refractivity contribution in [2.24, 2.45) is 4.99 Å². The van der Waals surface area contributed by atoms with Gasteiger partial charge in [-0.3, -0.25) is 0 Å². The number of benzene rings is 2. The molecule has 3 nitrogen and oxygen atoms in total. The standard InChI is InChI=1S/C18H16B2N2O/c1-21-12-17(20-11-10-19)22(2)15-8-5-7-14-13-6-3-4-9-16(13)23-18(14)15/h3-12,19H,1H2,2H3/b17-12-. The summed E-state index contributed by atoms with van der Waals surface area (Å²) in [5.41, 5.74) is 3.62. The second-order valence-corrected chi connectivity index (χ2v) is 5.14. The Balaban J connectivity index is 2.18. The zero-order chi connectivity index (χ0) is 16.2. The molecule has 0 atom stereocenters. The summed E-state index contributed by atoms with van der Waals surface area (Å²) >= 11 is 0. The normalized spacial score (nSPS) is 11.7. The van der Waals surface area contributed by atoms with E-state index in [-0.39, 0.29) is 0 Å². The SMILES string of the molecule is B=C/C=B\C(=C\N=C)N(C)c1cccc2c1oc1ccccc12. The van der Waals surface area contributed by atoms with Gasteiger partial charge in [-0.15, -0.1) is 0 Å². The average molecular weight is 298 g/mol. The summed E-state index contributed by atoms with van der Waals surface area (Å²) < 4.78 is 6.08. The van der Waals surface area contributed by atoms with Gasteiger partial charge in [-0.05, 0) is 0 Å². The fourth-order valence-corrected chi connectivity index (χ4v) is 2.64. The molecule has 0 aliphatic rings. The van der Waals surface area contributed by atoms with Gasteiger partial charge in [0.05, 0.1) is 0 Å². The van der Waals surface area contributed by atoms with Crippen LogP contribution in [0.25, 0.3) is 21.9 Å². The number of nitrogens with zero attached hydrogens (tertiary/aromatic N) is 2. The second-order valence-electron chi connectivity index (χ2n) is 5.14. The number of fused-ring (bicyclic) bond motifs is 3. The fourth-order valence-electron chi connectivity index (χ4n) is 2.64. The molecule has 3 rings (SSSR count). The van der Waals surface area contributed by atoms with E-state index >= 15 is 0 Å². The van der Waals surface area contributed by atoms with Crippen molar-refractivity contribution in [2.45, 2.75) is 0 Å². The molecule has 0 aliphatic carbocycles. The molecule has 0 spiro atoms. The van der Waals surface area contributed by atoms with Gasteiger partial charge in [-0.25, -0.2) is 0 Å². The van der Waals surface area contributed by atoms with Crippen molar-refractivity contribution in [1.29, 1.82) is 0 Å². The quantitative estimate of drug-likeness (QED) is 0.535. The summed E-state index contributed by atoms with van der Waals surface area (Å²) in [6.45, 7) is 5.48. The summed E-state index contributed by atoms with van der Waals surface area (Å²) in [6.07, 6.45) is 1.71. The van der Waals surface area contributed by atoms with Crippen LogP contribution >= 0.6 is 0 Å². The Hall–Kier alpha value is -2.68. The first-order chi connectivity index (χ1) is 11.3. The maximum absolute atomic E-state index is 6.08. The Labute approximate surface area is 136 Å². The minimum absolute atomic E-state index is 0.859. The molecule has 0 bridgehead atoms. The number of hydrogen-bond donors (Lipinski definition) is 0. The molecule has 0 aliphatic heterocycles. The zero-order valence-electron chi connectivity index (χ0n) is 13.1. The first-order valence-electron chi connectivity index (χ1n) is 7.35. The van der Waals surface area contributed by atoms with Crippen molar-refractivity contribution in [1.82, 2.24) is 0 Å². The zero-order valence-corrected chi connectivity index (χ0v) is 13.1. The van der Waals surface area contributed by atoms with Gasteiger partial charge in [0.25, 0.3) is 0 Å². The van der Waals surface area contributed by atoms with Crippen molar-refractivity contribution >= 4 is 60.7 Å². The molecule has 5 heteroatoms. The van der Waals surface area contributed by atoms with Crippen LogP contribution in [0.5, 0.6) is 0 Å². The summed E-state index contributed by atoms with van der Waals surface area (Å²) in [6, 6.07) is 14.2. The van der Waals surface area contributed by atoms with Gasteiger partial charge in [-0.1, -0.05) is 0 Å². The minimum atomic E-state index is 0.859. The van der Waals surface area contributed by atoms with E-state index < -0.39 is 0 Å². The molecular formula is C18H16B2N2O. The third-order valence-electron chi connectivity index (χ3n) is 3.76. The summed E-state index contributed by atoms with van der Waals surface area (Å²) in [7, 11) is 5.68. The average Bonchev–Trinajstić information content (AvgIpc) is 2.96. The molecule has 0 amide bonds. The molecule has 0 radical (unpaired) electrons. The molecule has 1 heterocycles. The summed E-state index contributed by atoms with van der Waals surface area (Å²) in [5, 5.41) is 2.22. The Morgan fingerprint density at radius 2 is 2.00 bits per heavy atom. The molecule has 2 aromatic carbocycles. The van der Waals surface area contributed by atoms with E-state index in [1.54, 1.807) is 12.2 Å². The van der Waals surface area contributed by atoms with Gasteiger partial charge in [0, 0.05) is 0 Å². The summed E-state index contributed by atoms with van der Waals surface area (Å²) in [4.78, 5) is 5.92. The number of furan rings is 1. The monoisotopic (exact) mass is 298 g/mol. The number of anilines is 1. The molecular weight excluding hydrogens is 282 g/mol.